The van der Waals surface area contributed by atoms with Gasteiger partial charge in [-0.25, -0.2) is 0 Å². The van der Waals surface area contributed by atoms with Crippen molar-refractivity contribution in [3.63, 3.8) is 0 Å². The normalized spacial score (nSPS) is 11.9. The molecular formula is C11H14O3. The summed E-state index contributed by atoms with van der Waals surface area (Å²) in [6.07, 6.45) is 0.904. The maximum atomic E-state index is 10.6. The average molecular weight is 194 g/mol. The fraction of sp³-hybridized carbons (Fsp3) is 0.364. The maximum Gasteiger partial charge on any atom is 0.161 e. The third-order valence-electron chi connectivity index (χ3n) is 2.14. The summed E-state index contributed by atoms with van der Waals surface area (Å²) in [6.45, 7) is 1.84. The topological polar surface area (TPSA) is 35.5 Å². The zero-order chi connectivity index (χ0) is 10.6. The van der Waals surface area contributed by atoms with Crippen molar-refractivity contribution in [3.8, 4) is 11.5 Å². The fourth-order valence-corrected chi connectivity index (χ4v) is 1.21. The van der Waals surface area contributed by atoms with Crippen LogP contribution in [0.25, 0.3) is 0 Å². The fourth-order valence-electron chi connectivity index (χ4n) is 1.21. The van der Waals surface area contributed by atoms with Crippen LogP contribution in [0.3, 0.4) is 0 Å². The van der Waals surface area contributed by atoms with Crippen molar-refractivity contribution in [3.05, 3.63) is 23.8 Å². The van der Waals surface area contributed by atoms with Crippen molar-refractivity contribution >= 4 is 6.29 Å². The van der Waals surface area contributed by atoms with Gasteiger partial charge >= 0.3 is 0 Å². The van der Waals surface area contributed by atoms with Crippen molar-refractivity contribution in [2.24, 2.45) is 0 Å². The molecule has 0 N–H and O–H groups in total. The second kappa shape index (κ2) is 4.65. The van der Waals surface area contributed by atoms with Crippen LogP contribution in [-0.4, -0.2) is 20.5 Å². The SMILES string of the molecule is COc1ccc([C@@H](C)C=O)cc1OC. The molecule has 0 bridgehead atoms. The van der Waals surface area contributed by atoms with Crippen LogP contribution in [0.2, 0.25) is 0 Å². The van der Waals surface area contributed by atoms with Gasteiger partial charge in [0.15, 0.2) is 11.5 Å². The Morgan fingerprint density at radius 3 is 2.36 bits per heavy atom. The second-order valence-corrected chi connectivity index (χ2v) is 3.04. The highest BCUT2D eigenvalue weighted by atomic mass is 16.5. The van der Waals surface area contributed by atoms with Gasteiger partial charge in [0.2, 0.25) is 0 Å². The lowest BCUT2D eigenvalue weighted by Crippen LogP contribution is -1.97. The monoisotopic (exact) mass is 194 g/mol. The Morgan fingerprint density at radius 1 is 1.21 bits per heavy atom. The molecule has 0 saturated heterocycles. The van der Waals surface area contributed by atoms with Crippen LogP contribution >= 0.6 is 0 Å². The van der Waals surface area contributed by atoms with E-state index in [2.05, 4.69) is 0 Å². The number of hydrogen-bond donors (Lipinski definition) is 0. The molecule has 14 heavy (non-hydrogen) atoms. The lowest BCUT2D eigenvalue weighted by atomic mass is 10.0. The van der Waals surface area contributed by atoms with Crippen LogP contribution in [0.5, 0.6) is 11.5 Å². The second-order valence-electron chi connectivity index (χ2n) is 3.04. The van der Waals surface area contributed by atoms with Crippen LogP contribution in [0.15, 0.2) is 18.2 Å². The summed E-state index contributed by atoms with van der Waals surface area (Å²) in [7, 11) is 3.16. The van der Waals surface area contributed by atoms with Crippen molar-refractivity contribution in [1.82, 2.24) is 0 Å². The quantitative estimate of drug-likeness (QED) is 0.688. The number of carbonyl (C=O) groups excluding carboxylic acids is 1. The summed E-state index contributed by atoms with van der Waals surface area (Å²) < 4.78 is 10.2. The zero-order valence-corrected chi connectivity index (χ0v) is 8.61. The molecule has 76 valence electrons. The van der Waals surface area contributed by atoms with Gasteiger partial charge < -0.3 is 14.3 Å². The Hall–Kier alpha value is -1.51. The summed E-state index contributed by atoms with van der Waals surface area (Å²) in [5, 5.41) is 0. The molecule has 0 aliphatic carbocycles. The summed E-state index contributed by atoms with van der Waals surface area (Å²) in [5.74, 6) is 1.21. The highest BCUT2D eigenvalue weighted by molar-refractivity contribution is 5.62. The van der Waals surface area contributed by atoms with Gasteiger partial charge in [-0.3, -0.25) is 0 Å². The van der Waals surface area contributed by atoms with Gasteiger partial charge in [-0.05, 0) is 17.7 Å². The first-order valence-electron chi connectivity index (χ1n) is 4.40. The summed E-state index contributed by atoms with van der Waals surface area (Å²) >= 11 is 0. The molecule has 1 aromatic rings. The van der Waals surface area contributed by atoms with Gasteiger partial charge in [0, 0.05) is 5.92 Å². The van der Waals surface area contributed by atoms with Crippen LogP contribution in [0.4, 0.5) is 0 Å². The van der Waals surface area contributed by atoms with E-state index < -0.39 is 0 Å². The molecule has 0 aliphatic heterocycles. The van der Waals surface area contributed by atoms with E-state index in [1.807, 2.05) is 19.1 Å². The van der Waals surface area contributed by atoms with E-state index in [0.29, 0.717) is 11.5 Å². The van der Waals surface area contributed by atoms with E-state index in [-0.39, 0.29) is 5.92 Å². The molecule has 3 nitrogen and oxygen atoms in total. The number of ether oxygens (including phenoxy) is 2. The van der Waals surface area contributed by atoms with Crippen LogP contribution in [-0.2, 0) is 4.79 Å². The highest BCUT2D eigenvalue weighted by Gasteiger charge is 2.08. The molecule has 0 radical (unpaired) electrons. The third-order valence-corrected chi connectivity index (χ3v) is 2.14. The lowest BCUT2D eigenvalue weighted by Gasteiger charge is -2.10. The molecule has 0 amide bonds. The summed E-state index contributed by atoms with van der Waals surface area (Å²) in [4.78, 5) is 10.6. The molecule has 1 atom stereocenters. The molecule has 0 spiro atoms. The van der Waals surface area contributed by atoms with Gasteiger partial charge in [0.25, 0.3) is 0 Å². The van der Waals surface area contributed by atoms with Crippen molar-refractivity contribution in [2.75, 3.05) is 14.2 Å². The van der Waals surface area contributed by atoms with E-state index in [1.165, 1.54) is 0 Å². The van der Waals surface area contributed by atoms with Gasteiger partial charge in [-0.15, -0.1) is 0 Å². The van der Waals surface area contributed by atoms with Crippen molar-refractivity contribution in [2.45, 2.75) is 12.8 Å². The van der Waals surface area contributed by atoms with Crippen LogP contribution < -0.4 is 9.47 Å². The number of carbonyl (C=O) groups is 1. The van der Waals surface area contributed by atoms with Gasteiger partial charge in [-0.1, -0.05) is 13.0 Å². The lowest BCUT2D eigenvalue weighted by molar-refractivity contribution is -0.108. The molecule has 0 fully saturated rings. The molecular weight excluding hydrogens is 180 g/mol. The Bertz CT molecular complexity index is 320. The molecule has 0 aromatic heterocycles. The molecule has 0 heterocycles. The Kier molecular flexibility index (Phi) is 3.51. The molecule has 3 heteroatoms. The predicted molar refractivity (Wildman–Crippen MR) is 54.0 cm³/mol. The number of benzene rings is 1. The smallest absolute Gasteiger partial charge is 0.161 e. The molecule has 1 aromatic carbocycles. The van der Waals surface area contributed by atoms with Crippen LogP contribution in [0.1, 0.15) is 18.4 Å². The first kappa shape index (κ1) is 10.6. The van der Waals surface area contributed by atoms with Crippen molar-refractivity contribution < 1.29 is 14.3 Å². The molecule has 0 unspecified atom stereocenters. The van der Waals surface area contributed by atoms with Crippen LogP contribution in [0, 0.1) is 0 Å². The first-order valence-corrected chi connectivity index (χ1v) is 4.40. The van der Waals surface area contributed by atoms with Gasteiger partial charge in [0.1, 0.15) is 6.29 Å². The van der Waals surface area contributed by atoms with E-state index >= 15 is 0 Å². The molecule has 0 aliphatic rings. The minimum Gasteiger partial charge on any atom is -0.493 e. The third kappa shape index (κ3) is 2.05. The highest BCUT2D eigenvalue weighted by Crippen LogP contribution is 2.29. The minimum absolute atomic E-state index is 0.116. The summed E-state index contributed by atoms with van der Waals surface area (Å²) in [6, 6.07) is 5.48. The largest absolute Gasteiger partial charge is 0.493 e. The number of hydrogen-bond acceptors (Lipinski definition) is 3. The predicted octanol–water partition coefficient (Wildman–Crippen LogP) is 2.01. The Morgan fingerprint density at radius 2 is 1.86 bits per heavy atom. The van der Waals surface area contributed by atoms with Gasteiger partial charge in [-0.2, -0.15) is 0 Å². The van der Waals surface area contributed by atoms with E-state index in [4.69, 9.17) is 9.47 Å². The Labute approximate surface area is 83.6 Å². The van der Waals surface area contributed by atoms with E-state index in [1.54, 1.807) is 20.3 Å². The number of aldehydes is 1. The van der Waals surface area contributed by atoms with Gasteiger partial charge in [0.05, 0.1) is 14.2 Å². The zero-order valence-electron chi connectivity index (χ0n) is 8.61. The Balaban J connectivity index is 3.06. The maximum absolute atomic E-state index is 10.6. The van der Waals surface area contributed by atoms with Crippen molar-refractivity contribution in [1.29, 1.82) is 0 Å². The number of rotatable bonds is 4. The first-order chi connectivity index (χ1) is 6.72. The molecule has 1 rings (SSSR count). The summed E-state index contributed by atoms with van der Waals surface area (Å²) in [5.41, 5.74) is 0.928. The standard InChI is InChI=1S/C11H14O3/c1-8(7-12)9-4-5-10(13-2)11(6-9)14-3/h4-8H,1-3H3/t8-/m0/s1. The number of methoxy groups -OCH3 is 2. The van der Waals surface area contributed by atoms with E-state index in [9.17, 15) is 4.79 Å². The van der Waals surface area contributed by atoms with E-state index in [0.717, 1.165) is 11.8 Å². The average Bonchev–Trinajstić information content (AvgIpc) is 2.26. The minimum atomic E-state index is -0.116. The molecule has 0 saturated carbocycles.